The Morgan fingerprint density at radius 1 is 1.50 bits per heavy atom. The molecule has 1 heterocycles. The summed E-state index contributed by atoms with van der Waals surface area (Å²) in [6, 6.07) is -0.314. The molecule has 0 saturated carbocycles. The smallest absolute Gasteiger partial charge is 0.329 e. The molecule has 0 unspecified atom stereocenters. The molecule has 1 aromatic heterocycles. The van der Waals surface area contributed by atoms with Crippen molar-refractivity contribution in [1.82, 2.24) is 14.8 Å². The van der Waals surface area contributed by atoms with Crippen molar-refractivity contribution in [2.75, 3.05) is 11.4 Å². The third-order valence-corrected chi connectivity index (χ3v) is 2.45. The quantitative estimate of drug-likeness (QED) is 0.841. The van der Waals surface area contributed by atoms with E-state index in [0.717, 1.165) is 4.90 Å². The number of anilines is 1. The molecule has 8 heteroatoms. The van der Waals surface area contributed by atoms with E-state index in [1.807, 2.05) is 0 Å². The fourth-order valence-corrected chi connectivity index (χ4v) is 1.40. The second-order valence-electron chi connectivity index (χ2n) is 3.72. The van der Waals surface area contributed by atoms with E-state index in [-0.39, 0.29) is 12.0 Å². The number of rotatable bonds is 3. The highest BCUT2D eigenvalue weighted by molar-refractivity contribution is 7.71. The molecule has 92 valence electrons. The van der Waals surface area contributed by atoms with Gasteiger partial charge in [-0.3, -0.25) is 4.57 Å². The van der Waals surface area contributed by atoms with Crippen molar-refractivity contribution in [3.05, 3.63) is 4.77 Å². The molecule has 1 aromatic rings. The second kappa shape index (κ2) is 4.44. The lowest BCUT2D eigenvalue weighted by Gasteiger charge is -2.27. The highest BCUT2D eigenvalue weighted by atomic mass is 32.1. The first kappa shape index (κ1) is 13.0. The van der Waals surface area contributed by atoms with E-state index >= 15 is 0 Å². The average Bonchev–Trinajstić information content (AvgIpc) is 2.42. The molecule has 0 fully saturated rings. The van der Waals surface area contributed by atoms with E-state index in [4.69, 9.17) is 12.2 Å². The SMILES string of the molecule is CC(C)N(CC(F)(F)F)c1n[nH]c(=S)n1C. The van der Waals surface area contributed by atoms with E-state index < -0.39 is 12.7 Å². The molecule has 0 atom stereocenters. The zero-order valence-electron chi connectivity index (χ0n) is 9.17. The van der Waals surface area contributed by atoms with E-state index in [1.165, 1.54) is 4.57 Å². The van der Waals surface area contributed by atoms with Gasteiger partial charge in [0.25, 0.3) is 0 Å². The van der Waals surface area contributed by atoms with Crippen LogP contribution in [0.2, 0.25) is 0 Å². The van der Waals surface area contributed by atoms with Crippen LogP contribution in [0.15, 0.2) is 0 Å². The van der Waals surface area contributed by atoms with Gasteiger partial charge in [0.15, 0.2) is 4.77 Å². The molecule has 0 aliphatic rings. The Hall–Kier alpha value is -1.05. The highest BCUT2D eigenvalue weighted by Gasteiger charge is 2.33. The molecule has 0 aromatic carbocycles. The predicted octanol–water partition coefficient (Wildman–Crippen LogP) is 2.25. The van der Waals surface area contributed by atoms with E-state index in [9.17, 15) is 13.2 Å². The largest absolute Gasteiger partial charge is 0.406 e. The maximum atomic E-state index is 12.4. The van der Waals surface area contributed by atoms with Gasteiger partial charge >= 0.3 is 6.18 Å². The first-order chi connectivity index (χ1) is 7.22. The maximum absolute atomic E-state index is 12.4. The topological polar surface area (TPSA) is 36.9 Å². The Kier molecular flexibility index (Phi) is 3.61. The first-order valence-electron chi connectivity index (χ1n) is 4.67. The Morgan fingerprint density at radius 3 is 2.38 bits per heavy atom. The number of alkyl halides is 3. The van der Waals surface area contributed by atoms with Gasteiger partial charge in [0.2, 0.25) is 5.95 Å². The summed E-state index contributed by atoms with van der Waals surface area (Å²) in [5.41, 5.74) is 0. The fourth-order valence-electron chi connectivity index (χ4n) is 1.27. The Morgan fingerprint density at radius 2 is 2.06 bits per heavy atom. The van der Waals surface area contributed by atoms with Crippen LogP contribution in [0.25, 0.3) is 0 Å². The Bertz CT molecular complexity index is 406. The van der Waals surface area contributed by atoms with Gasteiger partial charge in [-0.15, -0.1) is 5.10 Å². The number of hydrogen-bond donors (Lipinski definition) is 1. The Labute approximate surface area is 96.1 Å². The summed E-state index contributed by atoms with van der Waals surface area (Å²) in [5, 5.41) is 6.26. The molecule has 16 heavy (non-hydrogen) atoms. The van der Waals surface area contributed by atoms with Crippen LogP contribution in [-0.4, -0.2) is 33.5 Å². The predicted molar refractivity (Wildman–Crippen MR) is 56.9 cm³/mol. The first-order valence-corrected chi connectivity index (χ1v) is 5.08. The van der Waals surface area contributed by atoms with E-state index in [1.54, 1.807) is 20.9 Å². The van der Waals surface area contributed by atoms with Crippen LogP contribution in [0.1, 0.15) is 13.8 Å². The average molecular weight is 254 g/mol. The molecule has 0 aliphatic carbocycles. The zero-order valence-corrected chi connectivity index (χ0v) is 9.98. The molecule has 1 rings (SSSR count). The van der Waals surface area contributed by atoms with Crippen molar-refractivity contribution in [2.45, 2.75) is 26.1 Å². The third kappa shape index (κ3) is 2.97. The minimum absolute atomic E-state index is 0.192. The summed E-state index contributed by atoms with van der Waals surface area (Å²) in [7, 11) is 1.58. The van der Waals surface area contributed by atoms with Crippen molar-refractivity contribution in [1.29, 1.82) is 0 Å². The standard InChI is InChI=1S/C8H13F3N4S/c1-5(2)15(4-8(9,10)11)6-12-13-7(16)14(6)3/h5H,4H2,1-3H3,(H,13,16). The van der Waals surface area contributed by atoms with Gasteiger partial charge < -0.3 is 4.90 Å². The molecule has 4 nitrogen and oxygen atoms in total. The molecule has 0 spiro atoms. The molecule has 0 radical (unpaired) electrons. The van der Waals surface area contributed by atoms with Crippen molar-refractivity contribution in [2.24, 2.45) is 7.05 Å². The monoisotopic (exact) mass is 254 g/mol. The summed E-state index contributed by atoms with van der Waals surface area (Å²) in [5.74, 6) is 0.192. The van der Waals surface area contributed by atoms with Crippen molar-refractivity contribution < 1.29 is 13.2 Å². The van der Waals surface area contributed by atoms with Crippen LogP contribution >= 0.6 is 12.2 Å². The van der Waals surface area contributed by atoms with Crippen LogP contribution in [-0.2, 0) is 7.05 Å². The molecule has 0 bridgehead atoms. The lowest BCUT2D eigenvalue weighted by Crippen LogP contribution is -2.40. The summed E-state index contributed by atoms with van der Waals surface area (Å²) in [4.78, 5) is 1.15. The van der Waals surface area contributed by atoms with Crippen LogP contribution in [0, 0.1) is 4.77 Å². The van der Waals surface area contributed by atoms with Gasteiger partial charge in [0.05, 0.1) is 0 Å². The van der Waals surface area contributed by atoms with Crippen LogP contribution in [0.4, 0.5) is 19.1 Å². The van der Waals surface area contributed by atoms with E-state index in [2.05, 4.69) is 10.2 Å². The summed E-state index contributed by atoms with van der Waals surface area (Å²) < 4.78 is 38.8. The molecular formula is C8H13F3N4S. The number of hydrogen-bond acceptors (Lipinski definition) is 3. The summed E-state index contributed by atoms with van der Waals surface area (Å²) in [6.45, 7) is 2.30. The Balaban J connectivity index is 3.04. The van der Waals surface area contributed by atoms with Crippen molar-refractivity contribution in [3.8, 4) is 0 Å². The molecule has 0 amide bonds. The molecule has 1 N–H and O–H groups in total. The van der Waals surface area contributed by atoms with Gasteiger partial charge in [0, 0.05) is 13.1 Å². The highest BCUT2D eigenvalue weighted by Crippen LogP contribution is 2.22. The van der Waals surface area contributed by atoms with Gasteiger partial charge in [-0.25, -0.2) is 5.10 Å². The number of nitrogens with zero attached hydrogens (tertiary/aromatic N) is 3. The second-order valence-corrected chi connectivity index (χ2v) is 4.11. The molecule has 0 aliphatic heterocycles. The summed E-state index contributed by atoms with van der Waals surface area (Å²) in [6.07, 6.45) is -4.27. The maximum Gasteiger partial charge on any atom is 0.406 e. The molecule has 0 saturated heterocycles. The number of aromatic nitrogens is 3. The number of aromatic amines is 1. The zero-order chi connectivity index (χ0) is 12.5. The minimum atomic E-state index is -4.27. The molecular weight excluding hydrogens is 241 g/mol. The van der Waals surface area contributed by atoms with Gasteiger partial charge in [0.1, 0.15) is 6.54 Å². The van der Waals surface area contributed by atoms with Crippen molar-refractivity contribution >= 4 is 18.2 Å². The number of halogens is 3. The minimum Gasteiger partial charge on any atom is -0.329 e. The van der Waals surface area contributed by atoms with Gasteiger partial charge in [-0.05, 0) is 26.1 Å². The number of H-pyrrole nitrogens is 1. The lowest BCUT2D eigenvalue weighted by atomic mass is 10.3. The normalized spacial score (nSPS) is 12.2. The van der Waals surface area contributed by atoms with Crippen LogP contribution in [0.3, 0.4) is 0 Å². The lowest BCUT2D eigenvalue weighted by molar-refractivity contribution is -0.120. The van der Waals surface area contributed by atoms with Gasteiger partial charge in [-0.2, -0.15) is 13.2 Å². The van der Waals surface area contributed by atoms with Crippen LogP contribution in [0.5, 0.6) is 0 Å². The van der Waals surface area contributed by atoms with E-state index in [0.29, 0.717) is 4.77 Å². The number of nitrogens with one attached hydrogen (secondary N) is 1. The fraction of sp³-hybridized carbons (Fsp3) is 0.750. The van der Waals surface area contributed by atoms with Crippen molar-refractivity contribution in [3.63, 3.8) is 0 Å². The van der Waals surface area contributed by atoms with Crippen LogP contribution < -0.4 is 4.90 Å². The third-order valence-electron chi connectivity index (χ3n) is 2.09. The van der Waals surface area contributed by atoms with Gasteiger partial charge in [-0.1, -0.05) is 0 Å². The summed E-state index contributed by atoms with van der Waals surface area (Å²) >= 11 is 4.86.